The number of hydrogen-bond acceptors (Lipinski definition) is 5. The SMILES string of the molecule is COC(=O)/C=C(\C/C=C/CCCCCCCC(=O)OC)[C@@H](NC(C)=O)C(C)C. The lowest BCUT2D eigenvalue weighted by Crippen LogP contribution is -2.39. The lowest BCUT2D eigenvalue weighted by Gasteiger charge is -2.24. The molecular weight excluding hydrogens is 358 g/mol. The number of rotatable bonds is 14. The maximum atomic E-state index is 11.7. The smallest absolute Gasteiger partial charge is 0.330 e. The Morgan fingerprint density at radius 1 is 0.929 bits per heavy atom. The van der Waals surface area contributed by atoms with E-state index in [1.54, 1.807) is 0 Å². The molecule has 0 unspecified atom stereocenters. The average Bonchev–Trinajstić information content (AvgIpc) is 2.65. The van der Waals surface area contributed by atoms with Gasteiger partial charge in [-0.15, -0.1) is 0 Å². The molecule has 0 saturated heterocycles. The summed E-state index contributed by atoms with van der Waals surface area (Å²) in [6.45, 7) is 5.50. The quantitative estimate of drug-likeness (QED) is 0.207. The monoisotopic (exact) mass is 395 g/mol. The summed E-state index contributed by atoms with van der Waals surface area (Å²) in [7, 11) is 2.76. The lowest BCUT2D eigenvalue weighted by molar-refractivity contribution is -0.140. The lowest BCUT2D eigenvalue weighted by atomic mass is 9.92. The van der Waals surface area contributed by atoms with Crippen molar-refractivity contribution in [2.75, 3.05) is 14.2 Å². The highest BCUT2D eigenvalue weighted by Gasteiger charge is 2.19. The van der Waals surface area contributed by atoms with Crippen LogP contribution < -0.4 is 5.32 Å². The third-order valence-corrected chi connectivity index (χ3v) is 4.43. The molecule has 1 amide bonds. The van der Waals surface area contributed by atoms with Gasteiger partial charge in [-0.3, -0.25) is 9.59 Å². The van der Waals surface area contributed by atoms with Gasteiger partial charge in [-0.2, -0.15) is 0 Å². The molecule has 0 bridgehead atoms. The van der Waals surface area contributed by atoms with Crippen molar-refractivity contribution in [1.82, 2.24) is 5.32 Å². The summed E-state index contributed by atoms with van der Waals surface area (Å²) in [4.78, 5) is 34.2. The number of hydrogen-bond donors (Lipinski definition) is 1. The van der Waals surface area contributed by atoms with Crippen molar-refractivity contribution in [3.63, 3.8) is 0 Å². The van der Waals surface area contributed by atoms with E-state index in [1.807, 2.05) is 19.9 Å². The highest BCUT2D eigenvalue weighted by Crippen LogP contribution is 2.17. The molecule has 0 aliphatic carbocycles. The Morgan fingerprint density at radius 3 is 2.14 bits per heavy atom. The van der Waals surface area contributed by atoms with Crippen molar-refractivity contribution in [2.45, 2.75) is 78.2 Å². The Labute approximate surface area is 169 Å². The fourth-order valence-corrected chi connectivity index (χ4v) is 2.89. The Bertz CT molecular complexity index is 537. The van der Waals surface area contributed by atoms with E-state index in [1.165, 1.54) is 27.2 Å². The molecular formula is C22H37NO5. The zero-order valence-corrected chi connectivity index (χ0v) is 18.1. The van der Waals surface area contributed by atoms with Crippen LogP contribution in [0.1, 0.15) is 72.1 Å². The molecule has 1 N–H and O–H groups in total. The van der Waals surface area contributed by atoms with Crippen molar-refractivity contribution in [1.29, 1.82) is 0 Å². The largest absolute Gasteiger partial charge is 0.469 e. The van der Waals surface area contributed by atoms with Gasteiger partial charge in [-0.25, -0.2) is 4.79 Å². The number of allylic oxidation sites excluding steroid dienone is 2. The summed E-state index contributed by atoms with van der Waals surface area (Å²) in [6, 6.07) is -0.198. The summed E-state index contributed by atoms with van der Waals surface area (Å²) >= 11 is 0. The van der Waals surface area contributed by atoms with E-state index < -0.39 is 5.97 Å². The molecule has 1 atom stereocenters. The minimum Gasteiger partial charge on any atom is -0.469 e. The third-order valence-electron chi connectivity index (χ3n) is 4.43. The Morgan fingerprint density at radius 2 is 1.57 bits per heavy atom. The van der Waals surface area contributed by atoms with Crippen LogP contribution in [0.4, 0.5) is 0 Å². The van der Waals surface area contributed by atoms with Crippen LogP contribution in [0.25, 0.3) is 0 Å². The van der Waals surface area contributed by atoms with Gasteiger partial charge >= 0.3 is 11.9 Å². The molecule has 0 aromatic carbocycles. The predicted molar refractivity (Wildman–Crippen MR) is 111 cm³/mol. The number of nitrogens with one attached hydrogen (secondary N) is 1. The zero-order valence-electron chi connectivity index (χ0n) is 18.1. The summed E-state index contributed by atoms with van der Waals surface area (Å²) < 4.78 is 9.37. The van der Waals surface area contributed by atoms with Crippen LogP contribution in [0.15, 0.2) is 23.8 Å². The highest BCUT2D eigenvalue weighted by molar-refractivity contribution is 5.83. The molecule has 28 heavy (non-hydrogen) atoms. The molecule has 0 fully saturated rings. The van der Waals surface area contributed by atoms with Crippen molar-refractivity contribution < 1.29 is 23.9 Å². The number of methoxy groups -OCH3 is 2. The summed E-state index contributed by atoms with van der Waals surface area (Å²) in [5, 5.41) is 2.92. The van der Waals surface area contributed by atoms with Gasteiger partial charge < -0.3 is 14.8 Å². The van der Waals surface area contributed by atoms with E-state index in [-0.39, 0.29) is 23.8 Å². The van der Waals surface area contributed by atoms with Crippen LogP contribution in [0.3, 0.4) is 0 Å². The summed E-state index contributed by atoms with van der Waals surface area (Å²) in [5.74, 6) is -0.507. The zero-order chi connectivity index (χ0) is 21.4. The molecule has 0 radical (unpaired) electrons. The molecule has 0 aliphatic heterocycles. The molecule has 0 aliphatic rings. The van der Waals surface area contributed by atoms with E-state index >= 15 is 0 Å². The van der Waals surface area contributed by atoms with E-state index in [0.717, 1.165) is 44.1 Å². The van der Waals surface area contributed by atoms with Gasteiger partial charge in [-0.1, -0.05) is 45.3 Å². The molecule has 0 rings (SSSR count). The molecule has 6 heteroatoms. The maximum absolute atomic E-state index is 11.7. The summed E-state index contributed by atoms with van der Waals surface area (Å²) in [6.07, 6.45) is 12.9. The number of esters is 2. The van der Waals surface area contributed by atoms with Gasteiger partial charge in [0.25, 0.3) is 0 Å². The van der Waals surface area contributed by atoms with Crippen LogP contribution in [-0.4, -0.2) is 38.1 Å². The van der Waals surface area contributed by atoms with Gasteiger partial charge in [0.1, 0.15) is 0 Å². The average molecular weight is 396 g/mol. The first kappa shape index (κ1) is 25.9. The number of carbonyl (C=O) groups excluding carboxylic acids is 3. The van der Waals surface area contributed by atoms with Crippen molar-refractivity contribution in [3.05, 3.63) is 23.8 Å². The normalized spacial score (nSPS) is 12.9. The maximum Gasteiger partial charge on any atom is 0.330 e. The first-order valence-corrected chi connectivity index (χ1v) is 10.1. The standard InChI is InChI=1S/C22H37NO5/c1-17(2)22(23-18(3)24)19(16-21(26)28-5)14-12-10-8-6-7-9-11-13-15-20(25)27-4/h10,12,16-17,22H,6-9,11,13-15H2,1-5H3,(H,23,24)/b12-10+,19-16+/t22-/m0/s1. The van der Waals surface area contributed by atoms with Crippen LogP contribution in [0, 0.1) is 5.92 Å². The van der Waals surface area contributed by atoms with Gasteiger partial charge in [0.05, 0.1) is 20.3 Å². The number of ether oxygens (including phenoxy) is 2. The first-order valence-electron chi connectivity index (χ1n) is 10.1. The molecule has 0 saturated carbocycles. The van der Waals surface area contributed by atoms with Crippen LogP contribution in [0.5, 0.6) is 0 Å². The second-order valence-corrected chi connectivity index (χ2v) is 7.22. The summed E-state index contributed by atoms with van der Waals surface area (Å²) in [5.41, 5.74) is 0.844. The van der Waals surface area contributed by atoms with E-state index in [4.69, 9.17) is 4.74 Å². The number of amides is 1. The Kier molecular flexibility index (Phi) is 14.7. The molecule has 6 nitrogen and oxygen atoms in total. The van der Waals surface area contributed by atoms with Crippen molar-refractivity contribution >= 4 is 17.8 Å². The topological polar surface area (TPSA) is 81.7 Å². The second-order valence-electron chi connectivity index (χ2n) is 7.22. The van der Waals surface area contributed by atoms with Crippen LogP contribution in [0.2, 0.25) is 0 Å². The van der Waals surface area contributed by atoms with Gasteiger partial charge in [0.2, 0.25) is 5.91 Å². The van der Waals surface area contributed by atoms with Gasteiger partial charge in [0.15, 0.2) is 0 Å². The fourth-order valence-electron chi connectivity index (χ4n) is 2.89. The Balaban J connectivity index is 4.39. The molecule has 160 valence electrons. The molecule has 0 aromatic heterocycles. The van der Waals surface area contributed by atoms with Crippen LogP contribution >= 0.6 is 0 Å². The van der Waals surface area contributed by atoms with Crippen molar-refractivity contribution in [3.8, 4) is 0 Å². The van der Waals surface area contributed by atoms with Crippen molar-refractivity contribution in [2.24, 2.45) is 5.92 Å². The van der Waals surface area contributed by atoms with Gasteiger partial charge in [-0.05, 0) is 37.2 Å². The molecule has 0 aromatic rings. The third kappa shape index (κ3) is 13.1. The minimum atomic E-state index is -0.411. The van der Waals surface area contributed by atoms with Crippen LogP contribution in [-0.2, 0) is 23.9 Å². The minimum absolute atomic E-state index is 0.120. The second kappa shape index (κ2) is 15.9. The molecule has 0 heterocycles. The first-order chi connectivity index (χ1) is 13.3. The predicted octanol–water partition coefficient (Wildman–Crippen LogP) is 4.10. The molecule has 0 spiro atoms. The fraction of sp³-hybridized carbons (Fsp3) is 0.682. The highest BCUT2D eigenvalue weighted by atomic mass is 16.5. The van der Waals surface area contributed by atoms with E-state index in [9.17, 15) is 14.4 Å². The van der Waals surface area contributed by atoms with E-state index in [2.05, 4.69) is 16.1 Å². The van der Waals surface area contributed by atoms with E-state index in [0.29, 0.717) is 12.8 Å². The number of unbranched alkanes of at least 4 members (excludes halogenated alkanes) is 5. The number of carbonyl (C=O) groups is 3. The van der Waals surface area contributed by atoms with Gasteiger partial charge in [0, 0.05) is 19.4 Å². The Hall–Kier alpha value is -2.11.